The van der Waals surface area contributed by atoms with Gasteiger partial charge in [-0.2, -0.15) is 0 Å². The van der Waals surface area contributed by atoms with Gasteiger partial charge in [-0.3, -0.25) is 4.79 Å². The Morgan fingerprint density at radius 1 is 1.47 bits per heavy atom. The summed E-state index contributed by atoms with van der Waals surface area (Å²) in [5.41, 5.74) is -0.614. The van der Waals surface area contributed by atoms with Crippen molar-refractivity contribution in [1.82, 2.24) is 4.90 Å². The summed E-state index contributed by atoms with van der Waals surface area (Å²) in [7, 11) is 1.37. The highest BCUT2D eigenvalue weighted by Crippen LogP contribution is 2.20. The summed E-state index contributed by atoms with van der Waals surface area (Å²) >= 11 is 2.93. The summed E-state index contributed by atoms with van der Waals surface area (Å²) in [6.07, 6.45) is -0.759. The fourth-order valence-electron chi connectivity index (χ4n) is 1.42. The minimum atomic E-state index is -0.931. The number of amides is 1. The van der Waals surface area contributed by atoms with Crippen LogP contribution < -0.4 is 0 Å². The minimum Gasteiger partial charge on any atom is -0.392 e. The molecule has 0 fully saturated rings. The lowest BCUT2D eigenvalue weighted by atomic mass is 10.1. The van der Waals surface area contributed by atoms with Crippen LogP contribution >= 0.6 is 15.9 Å². The lowest BCUT2D eigenvalue weighted by Gasteiger charge is -2.19. The maximum atomic E-state index is 13.5. The molecule has 1 atom stereocenters. The molecule has 0 aliphatic heterocycles. The quantitative estimate of drug-likeness (QED) is 0.930. The highest BCUT2D eigenvalue weighted by atomic mass is 79.9. The Bertz CT molecular complexity index is 414. The lowest BCUT2D eigenvalue weighted by Crippen LogP contribution is -2.34. The molecule has 0 aromatic heterocycles. The summed E-state index contributed by atoms with van der Waals surface area (Å²) in [4.78, 5) is 12.8. The Morgan fingerprint density at radius 3 is 2.35 bits per heavy atom. The number of carbonyl (C=O) groups is 1. The summed E-state index contributed by atoms with van der Waals surface area (Å²) in [5, 5.41) is 9.11. The highest BCUT2D eigenvalue weighted by molar-refractivity contribution is 9.10. The number of halogens is 3. The van der Waals surface area contributed by atoms with Gasteiger partial charge in [0, 0.05) is 18.1 Å². The van der Waals surface area contributed by atoms with Gasteiger partial charge in [0.05, 0.1) is 6.10 Å². The first-order valence-electron chi connectivity index (χ1n) is 4.91. The molecule has 6 heteroatoms. The van der Waals surface area contributed by atoms with Crippen molar-refractivity contribution in [3.8, 4) is 0 Å². The molecule has 0 saturated carbocycles. The second-order valence-corrected chi connectivity index (χ2v) is 4.69. The summed E-state index contributed by atoms with van der Waals surface area (Å²) in [6, 6.07) is 2.04. The van der Waals surface area contributed by atoms with Crippen LogP contribution in [0.25, 0.3) is 0 Å². The first kappa shape index (κ1) is 14.1. The smallest absolute Gasteiger partial charge is 0.259 e. The van der Waals surface area contributed by atoms with Gasteiger partial charge in [0.15, 0.2) is 0 Å². The number of rotatable bonds is 3. The number of hydrogen-bond acceptors (Lipinski definition) is 2. The molecule has 3 nitrogen and oxygen atoms in total. The largest absolute Gasteiger partial charge is 0.392 e. The monoisotopic (exact) mass is 307 g/mol. The third-order valence-corrected chi connectivity index (χ3v) is 2.56. The molecule has 1 unspecified atom stereocenters. The van der Waals surface area contributed by atoms with Gasteiger partial charge in [0.1, 0.15) is 17.2 Å². The standard InChI is InChI=1S/C11H12BrF2NO2/c1-6(16)5-15(2)11(17)10-8(13)3-7(12)4-9(10)14/h3-4,6,16H,5H2,1-2H3. The van der Waals surface area contributed by atoms with E-state index < -0.39 is 29.2 Å². The molecule has 1 aromatic rings. The average molecular weight is 308 g/mol. The van der Waals surface area contributed by atoms with Crippen LogP contribution in [0.3, 0.4) is 0 Å². The van der Waals surface area contributed by atoms with Crippen LogP contribution in [-0.4, -0.2) is 35.6 Å². The lowest BCUT2D eigenvalue weighted by molar-refractivity contribution is 0.0694. The number of likely N-dealkylation sites (N-methyl/N-ethyl adjacent to an activating group) is 1. The van der Waals surface area contributed by atoms with E-state index in [0.717, 1.165) is 17.0 Å². The number of nitrogens with zero attached hydrogens (tertiary/aromatic N) is 1. The van der Waals surface area contributed by atoms with Gasteiger partial charge in [-0.1, -0.05) is 15.9 Å². The van der Waals surface area contributed by atoms with Crippen LogP contribution in [0.15, 0.2) is 16.6 Å². The van der Waals surface area contributed by atoms with E-state index >= 15 is 0 Å². The highest BCUT2D eigenvalue weighted by Gasteiger charge is 2.22. The van der Waals surface area contributed by atoms with Gasteiger partial charge < -0.3 is 10.0 Å². The molecule has 0 saturated heterocycles. The maximum absolute atomic E-state index is 13.5. The van der Waals surface area contributed by atoms with E-state index in [0.29, 0.717) is 0 Å². The molecule has 0 radical (unpaired) electrons. The molecule has 0 spiro atoms. The van der Waals surface area contributed by atoms with Crippen molar-refractivity contribution >= 4 is 21.8 Å². The Kier molecular flexibility index (Phi) is 4.59. The van der Waals surface area contributed by atoms with Crippen LogP contribution in [0.5, 0.6) is 0 Å². The second-order valence-electron chi connectivity index (χ2n) is 3.78. The van der Waals surface area contributed by atoms with E-state index in [1.54, 1.807) is 0 Å². The third kappa shape index (κ3) is 3.47. The van der Waals surface area contributed by atoms with Gasteiger partial charge in [-0.25, -0.2) is 8.78 Å². The predicted molar refractivity (Wildman–Crippen MR) is 62.7 cm³/mol. The molecule has 0 aliphatic carbocycles. The topological polar surface area (TPSA) is 40.5 Å². The van der Waals surface area contributed by atoms with Crippen molar-refractivity contribution in [3.05, 3.63) is 33.8 Å². The number of benzene rings is 1. The summed E-state index contributed by atoms with van der Waals surface area (Å²) < 4.78 is 27.2. The predicted octanol–water partition coefficient (Wildman–Crippen LogP) is 2.18. The van der Waals surface area contributed by atoms with Crippen molar-refractivity contribution < 1.29 is 18.7 Å². The molecule has 17 heavy (non-hydrogen) atoms. The number of aliphatic hydroxyl groups is 1. The van der Waals surface area contributed by atoms with E-state index in [4.69, 9.17) is 5.11 Å². The van der Waals surface area contributed by atoms with E-state index in [-0.39, 0.29) is 11.0 Å². The normalized spacial score (nSPS) is 12.4. The van der Waals surface area contributed by atoms with Gasteiger partial charge in [0.2, 0.25) is 0 Å². The first-order valence-corrected chi connectivity index (χ1v) is 5.70. The zero-order chi connectivity index (χ0) is 13.2. The molecule has 94 valence electrons. The SMILES string of the molecule is CC(O)CN(C)C(=O)c1c(F)cc(Br)cc1F. The van der Waals surface area contributed by atoms with Gasteiger partial charge in [0.25, 0.3) is 5.91 Å². The Labute approximate surface area is 106 Å². The van der Waals surface area contributed by atoms with Crippen molar-refractivity contribution in [2.24, 2.45) is 0 Å². The molecule has 0 aliphatic rings. The Balaban J connectivity index is 3.04. The number of aliphatic hydroxyl groups excluding tert-OH is 1. The van der Waals surface area contributed by atoms with Crippen LogP contribution in [0.4, 0.5) is 8.78 Å². The summed E-state index contributed by atoms with van der Waals surface area (Å²) in [5.74, 6) is -2.66. The zero-order valence-electron chi connectivity index (χ0n) is 9.38. The van der Waals surface area contributed by atoms with E-state index in [9.17, 15) is 13.6 Å². The molecular formula is C11H12BrF2NO2. The second kappa shape index (κ2) is 5.55. The first-order chi connectivity index (χ1) is 7.82. The third-order valence-electron chi connectivity index (χ3n) is 2.11. The molecular weight excluding hydrogens is 296 g/mol. The van der Waals surface area contributed by atoms with Gasteiger partial charge in [-0.05, 0) is 19.1 Å². The van der Waals surface area contributed by atoms with Crippen LogP contribution in [0, 0.1) is 11.6 Å². The Hall–Kier alpha value is -1.01. The van der Waals surface area contributed by atoms with Crippen molar-refractivity contribution in [2.45, 2.75) is 13.0 Å². The van der Waals surface area contributed by atoms with Crippen molar-refractivity contribution in [2.75, 3.05) is 13.6 Å². The van der Waals surface area contributed by atoms with Crippen LogP contribution in [0.2, 0.25) is 0 Å². The molecule has 0 bridgehead atoms. The molecule has 0 heterocycles. The van der Waals surface area contributed by atoms with Gasteiger partial charge in [-0.15, -0.1) is 0 Å². The van der Waals surface area contributed by atoms with E-state index in [1.807, 2.05) is 0 Å². The molecule has 1 amide bonds. The maximum Gasteiger partial charge on any atom is 0.259 e. The van der Waals surface area contributed by atoms with E-state index in [2.05, 4.69) is 15.9 Å². The van der Waals surface area contributed by atoms with E-state index in [1.165, 1.54) is 14.0 Å². The van der Waals surface area contributed by atoms with Crippen molar-refractivity contribution in [3.63, 3.8) is 0 Å². The van der Waals surface area contributed by atoms with Crippen molar-refractivity contribution in [1.29, 1.82) is 0 Å². The summed E-state index contributed by atoms with van der Waals surface area (Å²) in [6.45, 7) is 1.49. The minimum absolute atomic E-state index is 0.00772. The van der Waals surface area contributed by atoms with Gasteiger partial charge >= 0.3 is 0 Å². The fraction of sp³-hybridized carbons (Fsp3) is 0.364. The number of hydrogen-bond donors (Lipinski definition) is 1. The molecule has 1 N–H and O–H groups in total. The fourth-order valence-corrected chi connectivity index (χ4v) is 1.82. The number of carbonyl (C=O) groups excluding carboxylic acids is 1. The molecule has 1 rings (SSSR count). The molecule has 1 aromatic carbocycles. The Morgan fingerprint density at radius 2 is 1.94 bits per heavy atom. The van der Waals surface area contributed by atoms with Crippen LogP contribution in [-0.2, 0) is 0 Å². The zero-order valence-corrected chi connectivity index (χ0v) is 11.0. The van der Waals surface area contributed by atoms with Crippen LogP contribution in [0.1, 0.15) is 17.3 Å². The average Bonchev–Trinajstić information content (AvgIpc) is 2.14.